The predicted molar refractivity (Wildman–Crippen MR) is 92.9 cm³/mol. The van der Waals surface area contributed by atoms with Crippen LogP contribution in [0.15, 0.2) is 64.5 Å². The Morgan fingerprint density at radius 3 is 2.81 bits per heavy atom. The molecule has 1 aromatic carbocycles. The van der Waals surface area contributed by atoms with Gasteiger partial charge in [0, 0.05) is 19.0 Å². The summed E-state index contributed by atoms with van der Waals surface area (Å²) in [6.07, 6.45) is 4.38. The molecule has 0 unspecified atom stereocenters. The molecule has 0 saturated heterocycles. The summed E-state index contributed by atoms with van der Waals surface area (Å²) in [6, 6.07) is 11.0. The van der Waals surface area contributed by atoms with Crippen molar-refractivity contribution in [2.45, 2.75) is 13.0 Å². The summed E-state index contributed by atoms with van der Waals surface area (Å²) >= 11 is 0. The number of hydrogen-bond acceptors (Lipinski definition) is 6. The minimum Gasteiger partial charge on any atom is -0.363 e. The fraction of sp³-hybridized carbons (Fsp3) is 0.118. The molecule has 4 aromatic rings. The maximum absolute atomic E-state index is 12.6. The summed E-state index contributed by atoms with van der Waals surface area (Å²) < 4.78 is 7.65. The van der Waals surface area contributed by atoms with Crippen molar-refractivity contribution in [2.24, 2.45) is 0 Å². The molecular weight excluding hydrogens is 336 g/mol. The van der Waals surface area contributed by atoms with Gasteiger partial charge in [0.05, 0.1) is 18.2 Å². The van der Waals surface area contributed by atoms with Gasteiger partial charge in [-0.2, -0.15) is 5.10 Å². The van der Waals surface area contributed by atoms with Gasteiger partial charge < -0.3 is 9.84 Å². The van der Waals surface area contributed by atoms with Crippen molar-refractivity contribution in [3.05, 3.63) is 65.5 Å². The Morgan fingerprint density at radius 1 is 1.19 bits per heavy atom. The number of aromatic nitrogens is 5. The summed E-state index contributed by atoms with van der Waals surface area (Å²) in [4.78, 5) is 28.9. The molecule has 0 fully saturated rings. The fourth-order valence-electron chi connectivity index (χ4n) is 2.57. The molecule has 1 N–H and O–H groups in total. The van der Waals surface area contributed by atoms with Crippen LogP contribution in [-0.4, -0.2) is 30.4 Å². The summed E-state index contributed by atoms with van der Waals surface area (Å²) in [5, 5.41) is 10.8. The second-order valence-electron chi connectivity index (χ2n) is 5.56. The molecule has 0 atom stereocenters. The smallest absolute Gasteiger partial charge is 0.264 e. The second-order valence-corrected chi connectivity index (χ2v) is 5.56. The number of nitrogens with one attached hydrogen (secondary N) is 1. The van der Waals surface area contributed by atoms with Crippen molar-refractivity contribution in [2.75, 3.05) is 5.32 Å². The highest BCUT2D eigenvalue weighted by molar-refractivity contribution is 5.89. The second kappa shape index (κ2) is 6.63. The molecular formula is C17H14N6O3. The number of carbonyl (C=O) groups excluding carboxylic acids is 1. The van der Waals surface area contributed by atoms with E-state index in [1.807, 2.05) is 30.3 Å². The lowest BCUT2D eigenvalue weighted by Gasteiger charge is -2.06. The highest BCUT2D eigenvalue weighted by Crippen LogP contribution is 2.13. The maximum Gasteiger partial charge on any atom is 0.264 e. The lowest BCUT2D eigenvalue weighted by atomic mass is 10.3. The third-order valence-electron chi connectivity index (χ3n) is 3.84. The van der Waals surface area contributed by atoms with Gasteiger partial charge in [-0.25, -0.2) is 9.67 Å². The zero-order valence-corrected chi connectivity index (χ0v) is 13.6. The first-order valence-corrected chi connectivity index (χ1v) is 7.91. The summed E-state index contributed by atoms with van der Waals surface area (Å²) in [6.45, 7) is 0.196. The van der Waals surface area contributed by atoms with Gasteiger partial charge in [-0.1, -0.05) is 23.4 Å². The molecule has 3 heterocycles. The molecule has 1 amide bonds. The number of rotatable bonds is 5. The van der Waals surface area contributed by atoms with Crippen LogP contribution in [0.25, 0.3) is 16.7 Å². The average Bonchev–Trinajstić information content (AvgIpc) is 3.32. The molecule has 0 bridgehead atoms. The van der Waals surface area contributed by atoms with E-state index in [4.69, 9.17) is 0 Å². The molecule has 26 heavy (non-hydrogen) atoms. The summed E-state index contributed by atoms with van der Waals surface area (Å²) in [5.41, 5.74) is 1.05. The van der Waals surface area contributed by atoms with Crippen LogP contribution in [0.5, 0.6) is 0 Å². The topological polar surface area (TPSA) is 108 Å². The number of amides is 1. The molecule has 9 heteroatoms. The van der Waals surface area contributed by atoms with Crippen LogP contribution < -0.4 is 10.9 Å². The van der Waals surface area contributed by atoms with E-state index in [9.17, 15) is 9.59 Å². The van der Waals surface area contributed by atoms with E-state index in [2.05, 4.69) is 25.1 Å². The SMILES string of the molecule is O=C(CCn1cnc2c(cnn2-c2ccccc2)c1=O)Nc1ccon1. The summed E-state index contributed by atoms with van der Waals surface area (Å²) in [5.74, 6) is 0.0611. The quantitative estimate of drug-likeness (QED) is 0.586. The van der Waals surface area contributed by atoms with Gasteiger partial charge in [0.2, 0.25) is 5.91 Å². The number of nitrogens with zero attached hydrogens (tertiary/aromatic N) is 5. The van der Waals surface area contributed by atoms with Crippen LogP contribution in [0.2, 0.25) is 0 Å². The number of carbonyl (C=O) groups is 1. The van der Waals surface area contributed by atoms with Gasteiger partial charge in [-0.3, -0.25) is 14.2 Å². The Morgan fingerprint density at radius 2 is 2.04 bits per heavy atom. The van der Waals surface area contributed by atoms with Crippen molar-refractivity contribution in [3.63, 3.8) is 0 Å². The minimum atomic E-state index is -0.272. The molecule has 0 saturated carbocycles. The van der Waals surface area contributed by atoms with Gasteiger partial charge >= 0.3 is 0 Å². The van der Waals surface area contributed by atoms with Gasteiger partial charge in [-0.05, 0) is 12.1 Å². The van der Waals surface area contributed by atoms with Crippen LogP contribution in [-0.2, 0) is 11.3 Å². The van der Waals surface area contributed by atoms with Crippen molar-refractivity contribution < 1.29 is 9.32 Å². The normalized spacial score (nSPS) is 10.9. The van der Waals surface area contributed by atoms with Crippen LogP contribution >= 0.6 is 0 Å². The maximum atomic E-state index is 12.6. The van der Waals surface area contributed by atoms with Crippen molar-refractivity contribution >= 4 is 22.8 Å². The molecule has 0 aliphatic heterocycles. The molecule has 9 nitrogen and oxygen atoms in total. The first-order chi connectivity index (χ1) is 12.7. The zero-order chi connectivity index (χ0) is 17.9. The molecule has 4 rings (SSSR count). The standard InChI is InChI=1S/C17H14N6O3/c24-15(20-14-7-9-26-21-14)6-8-22-11-18-16-13(17(22)25)10-19-23(16)12-4-2-1-3-5-12/h1-5,7,9-11H,6,8H2,(H,20,21,24). The van der Waals surface area contributed by atoms with E-state index in [0.717, 1.165) is 5.69 Å². The Hall–Kier alpha value is -3.75. The van der Waals surface area contributed by atoms with Crippen LogP contribution in [0, 0.1) is 0 Å². The number of fused-ring (bicyclic) bond motifs is 1. The third-order valence-corrected chi connectivity index (χ3v) is 3.84. The number of anilines is 1. The lowest BCUT2D eigenvalue weighted by molar-refractivity contribution is -0.116. The lowest BCUT2D eigenvalue weighted by Crippen LogP contribution is -2.23. The first kappa shape index (κ1) is 15.8. The molecule has 130 valence electrons. The highest BCUT2D eigenvalue weighted by atomic mass is 16.5. The van der Waals surface area contributed by atoms with Gasteiger partial charge in [0.15, 0.2) is 11.5 Å². The number of aryl methyl sites for hydroxylation is 1. The van der Waals surface area contributed by atoms with Crippen molar-refractivity contribution in [1.82, 2.24) is 24.5 Å². The molecule has 0 aliphatic rings. The zero-order valence-electron chi connectivity index (χ0n) is 13.6. The number of hydrogen-bond donors (Lipinski definition) is 1. The fourth-order valence-corrected chi connectivity index (χ4v) is 2.57. The molecule has 0 aliphatic carbocycles. The van der Waals surface area contributed by atoms with E-state index in [0.29, 0.717) is 16.9 Å². The van der Waals surface area contributed by atoms with Gasteiger partial charge in [0.25, 0.3) is 5.56 Å². The molecule has 3 aromatic heterocycles. The Balaban J connectivity index is 1.55. The van der Waals surface area contributed by atoms with E-state index in [-0.39, 0.29) is 24.4 Å². The third kappa shape index (κ3) is 2.97. The van der Waals surface area contributed by atoms with E-state index < -0.39 is 0 Å². The minimum absolute atomic E-state index is 0.104. The Labute approximate surface area is 146 Å². The highest BCUT2D eigenvalue weighted by Gasteiger charge is 2.12. The molecule has 0 radical (unpaired) electrons. The predicted octanol–water partition coefficient (Wildman–Crippen LogP) is 1.60. The van der Waals surface area contributed by atoms with E-state index in [1.54, 1.807) is 4.68 Å². The van der Waals surface area contributed by atoms with Crippen LogP contribution in [0.4, 0.5) is 5.82 Å². The van der Waals surface area contributed by atoms with Gasteiger partial charge in [0.1, 0.15) is 11.6 Å². The average molecular weight is 350 g/mol. The van der Waals surface area contributed by atoms with Crippen molar-refractivity contribution in [3.8, 4) is 5.69 Å². The van der Waals surface area contributed by atoms with E-state index >= 15 is 0 Å². The monoisotopic (exact) mass is 350 g/mol. The number of para-hydroxylation sites is 1. The summed E-state index contributed by atoms with van der Waals surface area (Å²) in [7, 11) is 0. The van der Waals surface area contributed by atoms with Crippen molar-refractivity contribution in [1.29, 1.82) is 0 Å². The Kier molecular flexibility index (Phi) is 4.02. The number of benzene rings is 1. The van der Waals surface area contributed by atoms with Gasteiger partial charge in [-0.15, -0.1) is 0 Å². The first-order valence-electron chi connectivity index (χ1n) is 7.91. The van der Waals surface area contributed by atoms with Crippen LogP contribution in [0.3, 0.4) is 0 Å². The largest absolute Gasteiger partial charge is 0.363 e. The Bertz CT molecular complexity index is 1100. The van der Waals surface area contributed by atoms with Crippen LogP contribution in [0.1, 0.15) is 6.42 Å². The molecule has 0 spiro atoms. The van der Waals surface area contributed by atoms with E-state index in [1.165, 1.54) is 29.4 Å².